The maximum absolute atomic E-state index is 13.3. The van der Waals surface area contributed by atoms with Gasteiger partial charge < -0.3 is 4.74 Å². The van der Waals surface area contributed by atoms with E-state index in [1.165, 1.54) is 12.1 Å². The minimum Gasteiger partial charge on any atom is -0.497 e. The highest BCUT2D eigenvalue weighted by molar-refractivity contribution is 5.95. The summed E-state index contributed by atoms with van der Waals surface area (Å²) < 4.78 is 22.3. The molecule has 29 heavy (non-hydrogen) atoms. The SMILES string of the molecule is COc1ccc(-n2c(C)c(C)c3c2ncn2nc(-c4ccc(F)cc4)nc32)cc1. The Hall–Kier alpha value is -3.74. The average molecular weight is 387 g/mol. The first-order chi connectivity index (χ1) is 14.1. The highest BCUT2D eigenvalue weighted by atomic mass is 19.1. The fourth-order valence-corrected chi connectivity index (χ4v) is 3.63. The van der Waals surface area contributed by atoms with Crippen LogP contribution in [-0.2, 0) is 0 Å². The zero-order chi connectivity index (χ0) is 20.1. The molecule has 6 nitrogen and oxygen atoms in total. The molecule has 3 aromatic heterocycles. The van der Waals surface area contributed by atoms with Gasteiger partial charge >= 0.3 is 0 Å². The van der Waals surface area contributed by atoms with Crippen molar-refractivity contribution in [3.05, 3.63) is 71.9 Å². The molecule has 0 saturated heterocycles. The summed E-state index contributed by atoms with van der Waals surface area (Å²) in [6.07, 6.45) is 1.66. The molecule has 0 N–H and O–H groups in total. The third kappa shape index (κ3) is 2.66. The first kappa shape index (κ1) is 17.4. The lowest BCUT2D eigenvalue weighted by Gasteiger charge is -2.08. The molecule has 0 fully saturated rings. The number of halogens is 1. The minimum absolute atomic E-state index is 0.287. The van der Waals surface area contributed by atoms with E-state index in [1.54, 1.807) is 30.1 Å². The molecule has 0 aliphatic rings. The van der Waals surface area contributed by atoms with E-state index in [0.29, 0.717) is 5.82 Å². The van der Waals surface area contributed by atoms with Crippen molar-refractivity contribution in [1.82, 2.24) is 24.1 Å². The fourth-order valence-electron chi connectivity index (χ4n) is 3.63. The standard InChI is InChI=1S/C22H18FN5O/c1-13-14(2)28(17-8-10-18(29-3)11-9-17)21-19(13)22-25-20(26-27(22)12-24-21)15-4-6-16(23)7-5-15/h4-12H,1-3H3. The third-order valence-electron chi connectivity index (χ3n) is 5.27. The summed E-state index contributed by atoms with van der Waals surface area (Å²) in [6, 6.07) is 14.0. The summed E-state index contributed by atoms with van der Waals surface area (Å²) in [6.45, 7) is 4.13. The van der Waals surface area contributed by atoms with Crippen molar-refractivity contribution in [1.29, 1.82) is 0 Å². The van der Waals surface area contributed by atoms with E-state index in [-0.39, 0.29) is 5.82 Å². The van der Waals surface area contributed by atoms with Crippen LogP contribution in [0.15, 0.2) is 54.9 Å². The number of methoxy groups -OCH3 is 1. The molecule has 7 heteroatoms. The molecule has 0 spiro atoms. The number of ether oxygens (including phenoxy) is 1. The molecule has 144 valence electrons. The number of benzene rings is 2. The normalized spacial score (nSPS) is 11.4. The number of rotatable bonds is 3. The van der Waals surface area contributed by atoms with Gasteiger partial charge in [0.05, 0.1) is 12.5 Å². The molecule has 0 radical (unpaired) electrons. The molecule has 5 aromatic rings. The van der Waals surface area contributed by atoms with Crippen LogP contribution in [0.4, 0.5) is 4.39 Å². The minimum atomic E-state index is -0.287. The van der Waals surface area contributed by atoms with Crippen molar-refractivity contribution in [2.24, 2.45) is 0 Å². The third-order valence-corrected chi connectivity index (χ3v) is 5.27. The van der Waals surface area contributed by atoms with E-state index < -0.39 is 0 Å². The molecule has 0 aliphatic carbocycles. The monoisotopic (exact) mass is 387 g/mol. The first-order valence-corrected chi connectivity index (χ1v) is 9.20. The van der Waals surface area contributed by atoms with Crippen molar-refractivity contribution < 1.29 is 9.13 Å². The van der Waals surface area contributed by atoms with E-state index in [1.807, 2.05) is 24.3 Å². The van der Waals surface area contributed by atoms with Crippen molar-refractivity contribution in [3.8, 4) is 22.8 Å². The predicted molar refractivity (Wildman–Crippen MR) is 109 cm³/mol. The molecule has 0 atom stereocenters. The van der Waals surface area contributed by atoms with E-state index in [2.05, 4.69) is 28.5 Å². The van der Waals surface area contributed by atoms with Crippen LogP contribution < -0.4 is 4.74 Å². The van der Waals surface area contributed by atoms with Crippen LogP contribution in [0.1, 0.15) is 11.3 Å². The van der Waals surface area contributed by atoms with Gasteiger partial charge in [-0.3, -0.25) is 4.57 Å². The van der Waals surface area contributed by atoms with Crippen LogP contribution in [0.5, 0.6) is 5.75 Å². The second-order valence-electron chi connectivity index (χ2n) is 6.90. The number of nitrogens with zero attached hydrogens (tertiary/aromatic N) is 5. The van der Waals surface area contributed by atoms with Crippen molar-refractivity contribution in [2.45, 2.75) is 13.8 Å². The summed E-state index contributed by atoms with van der Waals surface area (Å²) in [5.41, 5.74) is 5.46. The highest BCUT2D eigenvalue weighted by Gasteiger charge is 2.19. The largest absolute Gasteiger partial charge is 0.497 e. The van der Waals surface area contributed by atoms with Gasteiger partial charge in [-0.15, -0.1) is 5.10 Å². The molecule has 0 aliphatic heterocycles. The Morgan fingerprint density at radius 2 is 1.66 bits per heavy atom. The van der Waals surface area contributed by atoms with Crippen LogP contribution in [0, 0.1) is 19.7 Å². The summed E-state index contributed by atoms with van der Waals surface area (Å²) in [4.78, 5) is 9.40. The van der Waals surface area contributed by atoms with E-state index in [9.17, 15) is 4.39 Å². The Balaban J connectivity index is 1.74. The summed E-state index contributed by atoms with van der Waals surface area (Å²) >= 11 is 0. The van der Waals surface area contributed by atoms with Gasteiger partial charge in [0.15, 0.2) is 17.1 Å². The lowest BCUT2D eigenvalue weighted by Crippen LogP contribution is -1.99. The Kier molecular flexibility index (Phi) is 3.84. The van der Waals surface area contributed by atoms with Gasteiger partial charge in [0.1, 0.15) is 17.9 Å². The summed E-state index contributed by atoms with van der Waals surface area (Å²) in [5, 5.41) is 5.48. The number of aromatic nitrogens is 5. The van der Waals surface area contributed by atoms with Crippen LogP contribution in [0.25, 0.3) is 33.8 Å². The molecule has 2 aromatic carbocycles. The molecular weight excluding hydrogens is 369 g/mol. The number of aryl methyl sites for hydroxylation is 1. The molecule has 5 rings (SSSR count). The van der Waals surface area contributed by atoms with Gasteiger partial charge in [-0.25, -0.2) is 18.9 Å². The fraction of sp³-hybridized carbons (Fsp3) is 0.136. The Labute approximate surface area is 166 Å². The molecule has 0 unspecified atom stereocenters. The second-order valence-corrected chi connectivity index (χ2v) is 6.90. The van der Waals surface area contributed by atoms with Gasteiger partial charge in [-0.1, -0.05) is 0 Å². The molecular formula is C22H18FN5O. The highest BCUT2D eigenvalue weighted by Crippen LogP contribution is 2.31. The lowest BCUT2D eigenvalue weighted by atomic mass is 10.2. The summed E-state index contributed by atoms with van der Waals surface area (Å²) in [7, 11) is 1.65. The molecule has 0 bridgehead atoms. The van der Waals surface area contributed by atoms with E-state index >= 15 is 0 Å². The van der Waals surface area contributed by atoms with Gasteiger partial charge in [0, 0.05) is 16.9 Å². The Bertz CT molecular complexity index is 1350. The van der Waals surface area contributed by atoms with Crippen LogP contribution in [0.2, 0.25) is 0 Å². The number of fused-ring (bicyclic) bond motifs is 3. The Morgan fingerprint density at radius 3 is 2.34 bits per heavy atom. The van der Waals surface area contributed by atoms with Crippen molar-refractivity contribution in [3.63, 3.8) is 0 Å². The quantitative estimate of drug-likeness (QED) is 0.457. The van der Waals surface area contributed by atoms with Crippen LogP contribution >= 0.6 is 0 Å². The topological polar surface area (TPSA) is 57.2 Å². The maximum Gasteiger partial charge on any atom is 0.182 e. The molecule has 3 heterocycles. The maximum atomic E-state index is 13.3. The van der Waals surface area contributed by atoms with Gasteiger partial charge in [-0.2, -0.15) is 0 Å². The van der Waals surface area contributed by atoms with Crippen molar-refractivity contribution in [2.75, 3.05) is 7.11 Å². The van der Waals surface area contributed by atoms with Gasteiger partial charge in [0.25, 0.3) is 0 Å². The molecule has 0 amide bonds. The lowest BCUT2D eigenvalue weighted by molar-refractivity contribution is 0.415. The summed E-state index contributed by atoms with van der Waals surface area (Å²) in [5.74, 6) is 1.05. The zero-order valence-electron chi connectivity index (χ0n) is 16.2. The smallest absolute Gasteiger partial charge is 0.182 e. The number of hydrogen-bond acceptors (Lipinski definition) is 4. The van der Waals surface area contributed by atoms with Gasteiger partial charge in [-0.05, 0) is 67.9 Å². The van der Waals surface area contributed by atoms with Crippen LogP contribution in [-0.4, -0.2) is 31.3 Å². The second kappa shape index (κ2) is 6.41. The zero-order valence-corrected chi connectivity index (χ0v) is 16.2. The van der Waals surface area contributed by atoms with Crippen LogP contribution in [0.3, 0.4) is 0 Å². The van der Waals surface area contributed by atoms with E-state index in [0.717, 1.165) is 44.9 Å². The molecule has 0 saturated carbocycles. The van der Waals surface area contributed by atoms with Crippen molar-refractivity contribution >= 4 is 16.7 Å². The Morgan fingerprint density at radius 1 is 0.931 bits per heavy atom. The average Bonchev–Trinajstić information content (AvgIpc) is 3.28. The first-order valence-electron chi connectivity index (χ1n) is 9.20. The van der Waals surface area contributed by atoms with E-state index in [4.69, 9.17) is 9.72 Å². The predicted octanol–water partition coefficient (Wildman–Crippen LogP) is 4.50. The van der Waals surface area contributed by atoms with Gasteiger partial charge in [0.2, 0.25) is 0 Å². The number of hydrogen-bond donors (Lipinski definition) is 0.